The molecular formula is C20H33N3O2. The Morgan fingerprint density at radius 2 is 2.08 bits per heavy atom. The van der Waals surface area contributed by atoms with E-state index in [1.807, 2.05) is 12.4 Å². The lowest BCUT2D eigenvalue weighted by atomic mass is 9.90. The van der Waals surface area contributed by atoms with E-state index >= 15 is 0 Å². The van der Waals surface area contributed by atoms with E-state index in [9.17, 15) is 4.79 Å². The quantitative estimate of drug-likeness (QED) is 0.663. The van der Waals surface area contributed by atoms with Crippen LogP contribution in [0.25, 0.3) is 0 Å². The van der Waals surface area contributed by atoms with Gasteiger partial charge in [0.1, 0.15) is 0 Å². The number of carbonyl (C=O) groups is 1. The topological polar surface area (TPSA) is 64.6 Å². The molecule has 1 aromatic carbocycles. The van der Waals surface area contributed by atoms with Crippen molar-refractivity contribution in [3.05, 3.63) is 34.9 Å². The molecule has 0 aliphatic carbocycles. The highest BCUT2D eigenvalue weighted by Crippen LogP contribution is 2.24. The molecule has 0 bridgehead atoms. The van der Waals surface area contributed by atoms with Crippen LogP contribution in [-0.2, 0) is 24.2 Å². The first kappa shape index (κ1) is 19.9. The molecule has 5 nitrogen and oxygen atoms in total. The normalized spacial score (nSPS) is 16.8. The van der Waals surface area contributed by atoms with Crippen molar-refractivity contribution in [2.24, 2.45) is 5.92 Å². The molecule has 0 unspecified atom stereocenters. The van der Waals surface area contributed by atoms with Crippen LogP contribution in [0.4, 0.5) is 0 Å². The van der Waals surface area contributed by atoms with Gasteiger partial charge >= 0.3 is 0 Å². The molecule has 5 heteroatoms. The van der Waals surface area contributed by atoms with Crippen molar-refractivity contribution in [3.8, 4) is 0 Å². The highest BCUT2D eigenvalue weighted by atomic mass is 16.5. The SMILES string of the molecule is CC(C)Cc1cccc2c1CCCCN(C[C@H](C)NC(=O)CNO)C2. The van der Waals surface area contributed by atoms with Crippen molar-refractivity contribution in [3.63, 3.8) is 0 Å². The molecule has 0 saturated heterocycles. The van der Waals surface area contributed by atoms with Crippen LogP contribution in [0.15, 0.2) is 18.2 Å². The van der Waals surface area contributed by atoms with Gasteiger partial charge in [0.25, 0.3) is 0 Å². The minimum absolute atomic E-state index is 0.0579. The number of fused-ring (bicyclic) bond motifs is 1. The third-order valence-electron chi connectivity index (χ3n) is 4.72. The number of nitrogens with one attached hydrogen (secondary N) is 2. The molecule has 0 fully saturated rings. The van der Waals surface area contributed by atoms with Crippen LogP contribution in [0.5, 0.6) is 0 Å². The monoisotopic (exact) mass is 347 g/mol. The zero-order valence-corrected chi connectivity index (χ0v) is 15.8. The highest BCUT2D eigenvalue weighted by Gasteiger charge is 2.18. The third-order valence-corrected chi connectivity index (χ3v) is 4.72. The van der Waals surface area contributed by atoms with Gasteiger partial charge < -0.3 is 10.5 Å². The van der Waals surface area contributed by atoms with E-state index < -0.39 is 0 Å². The predicted octanol–water partition coefficient (Wildman–Crippen LogP) is 2.51. The summed E-state index contributed by atoms with van der Waals surface area (Å²) in [6.07, 6.45) is 4.73. The first-order valence-electron chi connectivity index (χ1n) is 9.48. The van der Waals surface area contributed by atoms with Crippen LogP contribution in [0.1, 0.15) is 50.3 Å². The fourth-order valence-corrected chi connectivity index (χ4v) is 3.73. The lowest BCUT2D eigenvalue weighted by molar-refractivity contribution is -0.122. The maximum atomic E-state index is 11.6. The number of amides is 1. The van der Waals surface area contributed by atoms with Crippen LogP contribution in [0.3, 0.4) is 0 Å². The van der Waals surface area contributed by atoms with E-state index in [0.717, 1.165) is 26.1 Å². The van der Waals surface area contributed by atoms with Gasteiger partial charge in [0, 0.05) is 19.1 Å². The molecule has 0 radical (unpaired) electrons. The Balaban J connectivity index is 2.05. The number of hydrogen-bond donors (Lipinski definition) is 3. The highest BCUT2D eigenvalue weighted by molar-refractivity contribution is 5.78. The molecule has 0 saturated carbocycles. The summed E-state index contributed by atoms with van der Waals surface area (Å²) in [7, 11) is 0. The number of nitrogens with zero attached hydrogens (tertiary/aromatic N) is 1. The van der Waals surface area contributed by atoms with Crippen molar-refractivity contribution >= 4 is 5.91 Å². The second-order valence-corrected chi connectivity index (χ2v) is 7.65. The first-order chi connectivity index (χ1) is 12.0. The molecule has 1 atom stereocenters. The van der Waals surface area contributed by atoms with Crippen LogP contribution < -0.4 is 10.8 Å². The Bertz CT molecular complexity index is 560. The molecule has 1 aromatic rings. The molecule has 0 spiro atoms. The van der Waals surface area contributed by atoms with Gasteiger partial charge in [-0.05, 0) is 61.8 Å². The maximum Gasteiger partial charge on any atom is 0.236 e. The second kappa shape index (κ2) is 9.90. The van der Waals surface area contributed by atoms with Gasteiger partial charge in [-0.15, -0.1) is 0 Å². The van der Waals surface area contributed by atoms with E-state index in [-0.39, 0.29) is 18.5 Å². The van der Waals surface area contributed by atoms with Gasteiger partial charge in [0.2, 0.25) is 5.91 Å². The molecule has 3 N–H and O–H groups in total. The van der Waals surface area contributed by atoms with Gasteiger partial charge in [-0.2, -0.15) is 5.48 Å². The standard InChI is InChI=1S/C20H33N3O2/c1-15(2)11-17-7-6-8-18-14-23(10-5-4-9-19(17)18)13-16(3)22-20(24)12-21-25/h6-8,15-16,21,25H,4-5,9-14H2,1-3H3,(H,22,24)/t16-/m0/s1. The summed E-state index contributed by atoms with van der Waals surface area (Å²) in [6.45, 7) is 9.34. The maximum absolute atomic E-state index is 11.6. The van der Waals surface area contributed by atoms with E-state index in [4.69, 9.17) is 5.21 Å². The largest absolute Gasteiger partial charge is 0.351 e. The molecule has 25 heavy (non-hydrogen) atoms. The third kappa shape index (κ3) is 6.42. The summed E-state index contributed by atoms with van der Waals surface area (Å²) in [5.41, 5.74) is 6.39. The van der Waals surface area contributed by atoms with E-state index in [0.29, 0.717) is 5.92 Å². The fourth-order valence-electron chi connectivity index (χ4n) is 3.73. The lowest BCUT2D eigenvalue weighted by Gasteiger charge is -2.30. The number of benzene rings is 1. The van der Waals surface area contributed by atoms with Crippen LogP contribution >= 0.6 is 0 Å². The Morgan fingerprint density at radius 3 is 2.80 bits per heavy atom. The molecule has 2 rings (SSSR count). The zero-order chi connectivity index (χ0) is 18.2. The Morgan fingerprint density at radius 1 is 1.28 bits per heavy atom. The molecule has 140 valence electrons. The fraction of sp³-hybridized carbons (Fsp3) is 0.650. The smallest absolute Gasteiger partial charge is 0.236 e. The summed E-state index contributed by atoms with van der Waals surface area (Å²) < 4.78 is 0. The zero-order valence-electron chi connectivity index (χ0n) is 15.8. The van der Waals surface area contributed by atoms with Gasteiger partial charge in [-0.3, -0.25) is 9.69 Å². The van der Waals surface area contributed by atoms with Gasteiger partial charge in [0.15, 0.2) is 0 Å². The summed E-state index contributed by atoms with van der Waals surface area (Å²) in [4.78, 5) is 14.1. The molecule has 1 aliphatic heterocycles. The Hall–Kier alpha value is -1.43. The number of rotatable bonds is 7. The lowest BCUT2D eigenvalue weighted by Crippen LogP contribution is -2.45. The minimum atomic E-state index is -0.179. The molecule has 1 amide bonds. The van der Waals surface area contributed by atoms with Crippen molar-refractivity contribution in [1.82, 2.24) is 15.7 Å². The second-order valence-electron chi connectivity index (χ2n) is 7.65. The van der Waals surface area contributed by atoms with Gasteiger partial charge in [-0.25, -0.2) is 0 Å². The average molecular weight is 348 g/mol. The van der Waals surface area contributed by atoms with Crippen molar-refractivity contribution in [1.29, 1.82) is 0 Å². The van der Waals surface area contributed by atoms with Crippen LogP contribution in [0, 0.1) is 5.92 Å². The Kier molecular flexibility index (Phi) is 7.88. The van der Waals surface area contributed by atoms with E-state index in [1.54, 1.807) is 5.56 Å². The van der Waals surface area contributed by atoms with Gasteiger partial charge in [0.05, 0.1) is 6.54 Å². The summed E-state index contributed by atoms with van der Waals surface area (Å²) in [5, 5.41) is 11.5. The van der Waals surface area contributed by atoms with E-state index in [1.165, 1.54) is 30.4 Å². The predicted molar refractivity (Wildman–Crippen MR) is 101 cm³/mol. The summed E-state index contributed by atoms with van der Waals surface area (Å²) in [6, 6.07) is 6.79. The molecule has 0 aromatic heterocycles. The van der Waals surface area contributed by atoms with Crippen LogP contribution in [0.2, 0.25) is 0 Å². The summed E-state index contributed by atoms with van der Waals surface area (Å²) in [5.74, 6) is 0.491. The van der Waals surface area contributed by atoms with Crippen molar-refractivity contribution in [2.75, 3.05) is 19.6 Å². The Labute approximate surface area is 151 Å². The van der Waals surface area contributed by atoms with E-state index in [2.05, 4.69) is 42.3 Å². The van der Waals surface area contributed by atoms with Gasteiger partial charge in [-0.1, -0.05) is 32.0 Å². The minimum Gasteiger partial charge on any atom is -0.351 e. The number of hydrogen-bond acceptors (Lipinski definition) is 4. The van der Waals surface area contributed by atoms with Crippen molar-refractivity contribution < 1.29 is 10.0 Å². The molecule has 1 aliphatic rings. The molecular weight excluding hydrogens is 314 g/mol. The van der Waals surface area contributed by atoms with Crippen LogP contribution in [-0.4, -0.2) is 41.7 Å². The summed E-state index contributed by atoms with van der Waals surface area (Å²) >= 11 is 0. The number of hydroxylamine groups is 1. The molecule has 1 heterocycles. The van der Waals surface area contributed by atoms with Crippen molar-refractivity contribution in [2.45, 2.75) is 59.0 Å². The number of carbonyl (C=O) groups excluding carboxylic acids is 1. The average Bonchev–Trinajstić information content (AvgIpc) is 2.50. The first-order valence-corrected chi connectivity index (χ1v) is 9.48.